The van der Waals surface area contributed by atoms with E-state index in [0.717, 1.165) is 0 Å². The van der Waals surface area contributed by atoms with Crippen LogP contribution in [0.15, 0.2) is 22.8 Å². The number of rotatable bonds is 5. The molecule has 2 unspecified atom stereocenters. The second kappa shape index (κ2) is 6.79. The zero-order valence-electron chi connectivity index (χ0n) is 5.65. The average Bonchev–Trinajstić information content (AvgIpc) is 1.87. The van der Waals surface area contributed by atoms with Crippen LogP contribution in [0.4, 0.5) is 0 Å². The highest BCUT2D eigenvalue weighted by molar-refractivity contribution is 8.14. The van der Waals surface area contributed by atoms with Crippen LogP contribution in [0.3, 0.4) is 0 Å². The SMILES string of the molecule is C=CCON=NP[P+](C)=O. The minimum absolute atomic E-state index is 0.00820. The van der Waals surface area contributed by atoms with Crippen LogP contribution >= 0.6 is 15.9 Å². The second-order valence-corrected chi connectivity index (χ2v) is 5.25. The van der Waals surface area contributed by atoms with Gasteiger partial charge in [-0.05, 0) is 0 Å². The van der Waals surface area contributed by atoms with Crippen molar-refractivity contribution in [1.29, 1.82) is 0 Å². The Bertz CT molecular complexity index is 148. The second-order valence-electron chi connectivity index (χ2n) is 1.36. The zero-order chi connectivity index (χ0) is 7.82. The van der Waals surface area contributed by atoms with E-state index in [9.17, 15) is 4.57 Å². The molecule has 4 nitrogen and oxygen atoms in total. The van der Waals surface area contributed by atoms with Crippen LogP contribution in [0, 0.1) is 0 Å². The van der Waals surface area contributed by atoms with E-state index in [2.05, 4.69) is 21.6 Å². The van der Waals surface area contributed by atoms with Crippen molar-refractivity contribution < 1.29 is 9.40 Å². The number of nitrogens with zero attached hydrogens (tertiary/aromatic N) is 2. The van der Waals surface area contributed by atoms with Gasteiger partial charge in [-0.2, -0.15) is 0 Å². The standard InChI is InChI=1S/C4H9N2O2P2/c1-3-4-8-5-6-9-10(2)7/h3,9H,1,4H2,2H3/q+1. The molecule has 0 saturated carbocycles. The maximum Gasteiger partial charge on any atom is 0.375 e. The lowest BCUT2D eigenvalue weighted by molar-refractivity contribution is 0.157. The van der Waals surface area contributed by atoms with Gasteiger partial charge in [-0.25, -0.2) is 0 Å². The van der Waals surface area contributed by atoms with Crippen molar-refractivity contribution in [3.05, 3.63) is 12.7 Å². The van der Waals surface area contributed by atoms with Crippen LogP contribution in [0.2, 0.25) is 0 Å². The minimum atomic E-state index is -1.21. The van der Waals surface area contributed by atoms with Crippen LogP contribution in [-0.2, 0) is 9.40 Å². The van der Waals surface area contributed by atoms with Crippen LogP contribution in [0.5, 0.6) is 0 Å². The Hall–Kier alpha value is -0.330. The van der Waals surface area contributed by atoms with Crippen LogP contribution in [0.1, 0.15) is 0 Å². The minimum Gasteiger partial charge on any atom is -0.375 e. The summed E-state index contributed by atoms with van der Waals surface area (Å²) in [5.74, 6) is 0. The molecule has 0 N–H and O–H groups in total. The van der Waals surface area contributed by atoms with E-state index < -0.39 is 7.49 Å². The fourth-order valence-electron chi connectivity index (χ4n) is 0.196. The van der Waals surface area contributed by atoms with E-state index >= 15 is 0 Å². The summed E-state index contributed by atoms with van der Waals surface area (Å²) in [4.78, 5) is 8.06. The van der Waals surface area contributed by atoms with Gasteiger partial charge in [-0.15, -0.1) is 0 Å². The summed E-state index contributed by atoms with van der Waals surface area (Å²) in [5.41, 5.74) is 0. The smallest absolute Gasteiger partial charge is 0.375 e. The molecule has 0 fully saturated rings. The van der Waals surface area contributed by atoms with Gasteiger partial charge in [0.1, 0.15) is 13.3 Å². The van der Waals surface area contributed by atoms with Crippen molar-refractivity contribution in [2.24, 2.45) is 10.2 Å². The van der Waals surface area contributed by atoms with Gasteiger partial charge in [0.05, 0.1) is 0 Å². The maximum atomic E-state index is 10.4. The highest BCUT2D eigenvalue weighted by atomic mass is 32.0. The van der Waals surface area contributed by atoms with E-state index in [4.69, 9.17) is 0 Å². The van der Waals surface area contributed by atoms with Crippen LogP contribution in [-0.4, -0.2) is 13.3 Å². The lowest BCUT2D eigenvalue weighted by Crippen LogP contribution is -1.75. The quantitative estimate of drug-likeness (QED) is 0.214. The fourth-order valence-corrected chi connectivity index (χ4v) is 0.904. The van der Waals surface area contributed by atoms with Gasteiger partial charge in [-0.1, -0.05) is 22.1 Å². The van der Waals surface area contributed by atoms with Gasteiger partial charge in [0.25, 0.3) is 8.42 Å². The Labute approximate surface area is 62.2 Å². The summed E-state index contributed by atoms with van der Waals surface area (Å²) in [6, 6.07) is 0. The highest BCUT2D eigenvalue weighted by Gasteiger charge is 2.02. The molecule has 6 heteroatoms. The van der Waals surface area contributed by atoms with Gasteiger partial charge in [0, 0.05) is 5.28 Å². The molecule has 2 atom stereocenters. The first-order valence-corrected chi connectivity index (χ1v) is 6.06. The van der Waals surface area contributed by atoms with Gasteiger partial charge in [0.2, 0.25) is 0 Å². The van der Waals surface area contributed by atoms with Crippen molar-refractivity contribution in [3.63, 3.8) is 0 Å². The third-order valence-corrected chi connectivity index (χ3v) is 2.04. The largest absolute Gasteiger partial charge is 0.375 e. The molecule has 0 rings (SSSR count). The summed E-state index contributed by atoms with van der Waals surface area (Å²) in [7, 11) is -1.20. The van der Waals surface area contributed by atoms with Crippen molar-refractivity contribution in [1.82, 2.24) is 0 Å². The topological polar surface area (TPSA) is 51.0 Å². The third-order valence-electron chi connectivity index (χ3n) is 0.476. The molecule has 0 saturated heterocycles. The maximum absolute atomic E-state index is 10.4. The first-order chi connectivity index (χ1) is 4.77. The molecule has 0 aliphatic heterocycles. The molecule has 0 aliphatic rings. The summed E-state index contributed by atoms with van der Waals surface area (Å²) in [5, 5.41) is 3.28. The Balaban J connectivity index is 3.20. The normalized spacial score (nSPS) is 12.7. The summed E-state index contributed by atoms with van der Waals surface area (Å²) < 4.78 is 10.4. The van der Waals surface area contributed by atoms with E-state index in [1.54, 1.807) is 12.7 Å². The van der Waals surface area contributed by atoms with Crippen LogP contribution in [0.25, 0.3) is 0 Å². The van der Waals surface area contributed by atoms with Gasteiger partial charge in [0.15, 0.2) is 0 Å². The molecule has 0 spiro atoms. The lowest BCUT2D eigenvalue weighted by Gasteiger charge is -1.84. The van der Waals surface area contributed by atoms with E-state index in [1.807, 2.05) is 0 Å². The van der Waals surface area contributed by atoms with Gasteiger partial charge >= 0.3 is 7.49 Å². The molecule has 0 aromatic carbocycles. The molecular weight excluding hydrogens is 170 g/mol. The molecule has 56 valence electrons. The Morgan fingerprint density at radius 1 is 1.90 bits per heavy atom. The molecule has 0 aromatic heterocycles. The first-order valence-electron chi connectivity index (χ1n) is 2.56. The molecule has 0 bridgehead atoms. The van der Waals surface area contributed by atoms with Gasteiger partial charge < -0.3 is 4.84 Å². The summed E-state index contributed by atoms with van der Waals surface area (Å²) in [6.45, 7) is 5.35. The van der Waals surface area contributed by atoms with E-state index in [-0.39, 0.29) is 8.42 Å². The van der Waals surface area contributed by atoms with E-state index in [1.165, 1.54) is 0 Å². The fraction of sp³-hybridized carbons (Fsp3) is 0.500. The Kier molecular flexibility index (Phi) is 6.56. The van der Waals surface area contributed by atoms with Crippen molar-refractivity contribution in [2.75, 3.05) is 13.3 Å². The molecule has 10 heavy (non-hydrogen) atoms. The molecule has 0 radical (unpaired) electrons. The first kappa shape index (κ1) is 9.67. The lowest BCUT2D eigenvalue weighted by atomic mass is 10.7. The molecule has 0 aliphatic carbocycles. The van der Waals surface area contributed by atoms with E-state index in [0.29, 0.717) is 6.61 Å². The molecule has 0 aromatic rings. The average molecular weight is 179 g/mol. The molecule has 0 heterocycles. The Morgan fingerprint density at radius 2 is 2.60 bits per heavy atom. The highest BCUT2D eigenvalue weighted by Crippen LogP contribution is 2.41. The van der Waals surface area contributed by atoms with Crippen LogP contribution < -0.4 is 0 Å². The summed E-state index contributed by atoms with van der Waals surface area (Å²) in [6.07, 6.45) is 1.56. The number of hydrogen-bond donors (Lipinski definition) is 0. The van der Waals surface area contributed by atoms with Crippen molar-refractivity contribution >= 4 is 15.9 Å². The third kappa shape index (κ3) is 7.67. The summed E-state index contributed by atoms with van der Waals surface area (Å²) >= 11 is 0. The zero-order valence-corrected chi connectivity index (χ0v) is 7.54. The van der Waals surface area contributed by atoms with Gasteiger partial charge in [-0.3, -0.25) is 0 Å². The monoisotopic (exact) mass is 179 g/mol. The molecular formula is C4H9N2O2P2+. The Morgan fingerprint density at radius 3 is 3.10 bits per heavy atom. The predicted molar refractivity (Wildman–Crippen MR) is 42.9 cm³/mol. The van der Waals surface area contributed by atoms with Crippen molar-refractivity contribution in [2.45, 2.75) is 0 Å². The molecule has 0 amide bonds. The number of hydrogen-bond acceptors (Lipinski definition) is 4. The van der Waals surface area contributed by atoms with Crippen molar-refractivity contribution in [3.8, 4) is 0 Å². The predicted octanol–water partition coefficient (Wildman–Crippen LogP) is 2.52.